The lowest BCUT2D eigenvalue weighted by Crippen LogP contribution is -2.44. The van der Waals surface area contributed by atoms with Crippen molar-refractivity contribution >= 4 is 13.4 Å². The lowest BCUT2D eigenvalue weighted by Gasteiger charge is -2.22. The summed E-state index contributed by atoms with van der Waals surface area (Å²) >= 11 is 0. The lowest BCUT2D eigenvalue weighted by atomic mass is 10.5. The number of hydrogen-bond donors (Lipinski definition) is 0. The van der Waals surface area contributed by atoms with E-state index >= 15 is 0 Å². The average molecular weight is 196 g/mol. The van der Waals surface area contributed by atoms with Gasteiger partial charge in [-0.15, -0.1) is 0 Å². The zero-order valence-corrected chi connectivity index (χ0v) is 9.50. The van der Waals surface area contributed by atoms with E-state index in [1.807, 2.05) is 6.20 Å². The molecule has 0 atom stereocenters. The minimum absolute atomic E-state index is 0.685. The highest BCUT2D eigenvalue weighted by Crippen LogP contribution is 2.09. The Morgan fingerprint density at radius 1 is 1.46 bits per heavy atom. The molecule has 0 N–H and O–H groups in total. The zero-order chi connectivity index (χ0) is 9.47. The number of hydrogen-bond acceptors (Lipinski definition) is 2. The highest BCUT2D eigenvalue weighted by Gasteiger charge is 2.24. The Labute approximate surface area is 79.7 Å². The van der Waals surface area contributed by atoms with E-state index in [2.05, 4.69) is 29.2 Å². The van der Waals surface area contributed by atoms with Crippen LogP contribution >= 0.6 is 0 Å². The number of fused-ring (bicyclic) bond motifs is 1. The molecule has 0 saturated heterocycles. The lowest BCUT2D eigenvalue weighted by molar-refractivity contribution is 0.0825. The van der Waals surface area contributed by atoms with Crippen molar-refractivity contribution in [3.05, 3.63) is 12.0 Å². The first kappa shape index (κ1) is 8.96. The molecule has 0 radical (unpaired) electrons. The number of ether oxygens (including phenoxy) is 1. The highest BCUT2D eigenvalue weighted by atomic mass is 28.3. The third kappa shape index (κ3) is 1.56. The number of nitrogens with zero attached hydrogens (tertiary/aromatic N) is 2. The molecule has 13 heavy (non-hydrogen) atoms. The second-order valence-electron chi connectivity index (χ2n) is 4.51. The van der Waals surface area contributed by atoms with Gasteiger partial charge in [0.25, 0.3) is 0 Å². The van der Waals surface area contributed by atoms with Crippen LogP contribution in [0.25, 0.3) is 0 Å². The molecule has 3 nitrogen and oxygen atoms in total. The molecule has 0 aromatic carbocycles. The normalized spacial score (nSPS) is 17.2. The zero-order valence-electron chi connectivity index (χ0n) is 8.50. The van der Waals surface area contributed by atoms with Crippen molar-refractivity contribution in [2.45, 2.75) is 32.8 Å². The maximum atomic E-state index is 5.35. The van der Waals surface area contributed by atoms with Crippen LogP contribution in [-0.2, 0) is 17.9 Å². The molecule has 0 bridgehead atoms. The summed E-state index contributed by atoms with van der Waals surface area (Å²) in [6.07, 6.45) is 2.04. The quantitative estimate of drug-likeness (QED) is 0.626. The van der Waals surface area contributed by atoms with Gasteiger partial charge in [0.15, 0.2) is 0 Å². The van der Waals surface area contributed by atoms with Gasteiger partial charge < -0.3 is 9.30 Å². The topological polar surface area (TPSA) is 27.1 Å². The summed E-state index contributed by atoms with van der Waals surface area (Å²) in [7, 11) is -1.22. The summed E-state index contributed by atoms with van der Waals surface area (Å²) in [6.45, 7) is 9.56. The molecular weight excluding hydrogens is 180 g/mol. The van der Waals surface area contributed by atoms with E-state index in [0.29, 0.717) is 6.61 Å². The van der Waals surface area contributed by atoms with Gasteiger partial charge in [0.1, 0.15) is 20.5 Å². The molecule has 0 aliphatic carbocycles. The summed E-state index contributed by atoms with van der Waals surface area (Å²) in [5.41, 5.74) is 0. The van der Waals surface area contributed by atoms with Crippen LogP contribution in [0.4, 0.5) is 0 Å². The van der Waals surface area contributed by atoms with Crippen molar-refractivity contribution in [1.82, 2.24) is 9.55 Å². The van der Waals surface area contributed by atoms with Gasteiger partial charge in [0, 0.05) is 18.1 Å². The molecular formula is C9H16N2OSi. The van der Waals surface area contributed by atoms with Crippen molar-refractivity contribution in [3.8, 4) is 0 Å². The van der Waals surface area contributed by atoms with E-state index < -0.39 is 8.07 Å². The van der Waals surface area contributed by atoms with Crippen LogP contribution in [0.3, 0.4) is 0 Å². The molecule has 0 unspecified atom stereocenters. The van der Waals surface area contributed by atoms with Crippen molar-refractivity contribution in [3.63, 3.8) is 0 Å². The van der Waals surface area contributed by atoms with Crippen LogP contribution < -0.4 is 5.32 Å². The van der Waals surface area contributed by atoms with E-state index in [9.17, 15) is 0 Å². The molecule has 4 heteroatoms. The molecule has 1 aromatic rings. The van der Waals surface area contributed by atoms with Gasteiger partial charge >= 0.3 is 0 Å². The summed E-state index contributed by atoms with van der Waals surface area (Å²) < 4.78 is 7.70. The molecule has 0 amide bonds. The smallest absolute Gasteiger partial charge is 0.134 e. The first-order valence-electron chi connectivity index (χ1n) is 4.71. The molecule has 0 fully saturated rings. The summed E-state index contributed by atoms with van der Waals surface area (Å²) in [6, 6.07) is 0. The third-order valence-electron chi connectivity index (χ3n) is 2.40. The van der Waals surface area contributed by atoms with Gasteiger partial charge in [0.2, 0.25) is 0 Å². The van der Waals surface area contributed by atoms with Crippen molar-refractivity contribution in [1.29, 1.82) is 0 Å². The molecule has 1 aliphatic rings. The van der Waals surface area contributed by atoms with E-state index in [1.54, 1.807) is 0 Å². The Morgan fingerprint density at radius 3 is 2.92 bits per heavy atom. The molecule has 1 aliphatic heterocycles. The SMILES string of the molecule is C[Si](C)(C)c1cnc2n1CCOC2. The fourth-order valence-corrected chi connectivity index (χ4v) is 3.20. The third-order valence-corrected chi connectivity index (χ3v) is 4.33. The van der Waals surface area contributed by atoms with E-state index in [1.165, 1.54) is 5.32 Å². The van der Waals surface area contributed by atoms with Gasteiger partial charge in [-0.3, -0.25) is 0 Å². The predicted octanol–water partition coefficient (Wildman–Crippen LogP) is 0.958. The van der Waals surface area contributed by atoms with Crippen molar-refractivity contribution in [2.24, 2.45) is 0 Å². The second-order valence-corrected chi connectivity index (χ2v) is 9.53. The number of rotatable bonds is 1. The van der Waals surface area contributed by atoms with Gasteiger partial charge in [-0.1, -0.05) is 19.6 Å². The summed E-state index contributed by atoms with van der Waals surface area (Å²) in [4.78, 5) is 4.40. The van der Waals surface area contributed by atoms with E-state index in [-0.39, 0.29) is 0 Å². The molecule has 1 aromatic heterocycles. The van der Waals surface area contributed by atoms with Crippen LogP contribution in [0, 0.1) is 0 Å². The summed E-state index contributed by atoms with van der Waals surface area (Å²) in [5, 5.41) is 1.45. The van der Waals surface area contributed by atoms with Gasteiger partial charge in [0.05, 0.1) is 6.61 Å². The van der Waals surface area contributed by atoms with Gasteiger partial charge in [-0.2, -0.15) is 0 Å². The highest BCUT2D eigenvalue weighted by molar-refractivity contribution is 6.88. The van der Waals surface area contributed by atoms with Gasteiger partial charge in [-0.25, -0.2) is 4.98 Å². The minimum atomic E-state index is -1.22. The Bertz CT molecular complexity index is 314. The maximum absolute atomic E-state index is 5.35. The first-order valence-corrected chi connectivity index (χ1v) is 8.21. The van der Waals surface area contributed by atoms with Gasteiger partial charge in [-0.05, 0) is 0 Å². The Balaban J connectivity index is 2.43. The van der Waals surface area contributed by atoms with E-state index in [0.717, 1.165) is 19.0 Å². The van der Waals surface area contributed by atoms with Crippen LogP contribution in [0.15, 0.2) is 6.20 Å². The summed E-state index contributed by atoms with van der Waals surface area (Å²) in [5.74, 6) is 1.10. The van der Waals surface area contributed by atoms with Crippen LogP contribution in [0.5, 0.6) is 0 Å². The largest absolute Gasteiger partial charge is 0.372 e. The van der Waals surface area contributed by atoms with Crippen molar-refractivity contribution in [2.75, 3.05) is 6.61 Å². The van der Waals surface area contributed by atoms with Crippen LogP contribution in [0.2, 0.25) is 19.6 Å². The Kier molecular flexibility index (Phi) is 2.04. The predicted molar refractivity (Wildman–Crippen MR) is 54.9 cm³/mol. The number of imidazole rings is 1. The molecule has 2 heterocycles. The Morgan fingerprint density at radius 2 is 2.23 bits per heavy atom. The van der Waals surface area contributed by atoms with E-state index in [4.69, 9.17) is 4.74 Å². The first-order chi connectivity index (χ1) is 6.09. The maximum Gasteiger partial charge on any atom is 0.134 e. The van der Waals surface area contributed by atoms with Crippen LogP contribution in [0.1, 0.15) is 5.82 Å². The molecule has 0 saturated carbocycles. The fourth-order valence-electron chi connectivity index (χ4n) is 1.70. The average Bonchev–Trinajstić information content (AvgIpc) is 2.45. The number of aromatic nitrogens is 2. The Hall–Kier alpha value is -0.613. The fraction of sp³-hybridized carbons (Fsp3) is 0.667. The standard InChI is InChI=1S/C9H16N2OSi/c1-13(2,3)9-6-10-8-7-12-5-4-11(8)9/h6H,4-5,7H2,1-3H3. The second kappa shape index (κ2) is 2.96. The minimum Gasteiger partial charge on any atom is -0.372 e. The van der Waals surface area contributed by atoms with Crippen LogP contribution in [-0.4, -0.2) is 24.2 Å². The molecule has 2 rings (SSSR count). The monoisotopic (exact) mass is 196 g/mol. The molecule has 72 valence electrons. The van der Waals surface area contributed by atoms with Crippen molar-refractivity contribution < 1.29 is 4.74 Å². The molecule has 0 spiro atoms.